The highest BCUT2D eigenvalue weighted by Crippen LogP contribution is 2.29. The van der Waals surface area contributed by atoms with Gasteiger partial charge < -0.3 is 10.5 Å². The Hall–Kier alpha value is -1.88. The summed E-state index contributed by atoms with van der Waals surface area (Å²) in [5, 5.41) is 7.39. The van der Waals surface area contributed by atoms with Gasteiger partial charge in [-0.25, -0.2) is 4.39 Å². The van der Waals surface area contributed by atoms with Crippen LogP contribution < -0.4 is 10.5 Å². The molecule has 0 bridgehead atoms. The molecule has 2 rings (SSSR count). The lowest BCUT2D eigenvalue weighted by Gasteiger charge is -2.10. The quantitative estimate of drug-likeness (QED) is 0.663. The summed E-state index contributed by atoms with van der Waals surface area (Å²) in [6.07, 6.45) is 0. The van der Waals surface area contributed by atoms with Crippen LogP contribution in [0.5, 0.6) is 11.5 Å². The zero-order valence-corrected chi connectivity index (χ0v) is 11.8. The summed E-state index contributed by atoms with van der Waals surface area (Å²) in [5.74, 6) is 0.866. The lowest BCUT2D eigenvalue weighted by Crippen LogP contribution is -2.11. The van der Waals surface area contributed by atoms with Crippen LogP contribution in [0.15, 0.2) is 40.9 Å². The van der Waals surface area contributed by atoms with Crippen molar-refractivity contribution in [2.75, 3.05) is 0 Å². The van der Waals surface area contributed by atoms with Gasteiger partial charge in [0.05, 0.1) is 0 Å². The minimum absolute atomic E-state index is 0.0172. The highest BCUT2D eigenvalue weighted by molar-refractivity contribution is 9.10. The van der Waals surface area contributed by atoms with Gasteiger partial charge >= 0.3 is 0 Å². The molecule has 0 spiro atoms. The van der Waals surface area contributed by atoms with E-state index in [2.05, 4.69) is 15.9 Å². The molecule has 2 aromatic rings. The van der Waals surface area contributed by atoms with Crippen molar-refractivity contribution in [1.29, 1.82) is 5.41 Å². The number of nitrogens with two attached hydrogens (primary N) is 1. The molecule has 0 heterocycles. The fourth-order valence-corrected chi connectivity index (χ4v) is 2.20. The van der Waals surface area contributed by atoms with Crippen molar-refractivity contribution in [2.45, 2.75) is 6.92 Å². The van der Waals surface area contributed by atoms with Crippen LogP contribution >= 0.6 is 15.9 Å². The number of amidine groups is 1. The maximum absolute atomic E-state index is 13.0. The summed E-state index contributed by atoms with van der Waals surface area (Å²) >= 11 is 3.33. The van der Waals surface area contributed by atoms with Crippen LogP contribution in [0, 0.1) is 18.2 Å². The molecule has 0 aromatic heterocycles. The molecule has 0 amide bonds. The number of nitrogens with one attached hydrogen (secondary N) is 1. The minimum atomic E-state index is -0.294. The van der Waals surface area contributed by atoms with E-state index in [9.17, 15) is 4.39 Å². The molecule has 5 heteroatoms. The monoisotopic (exact) mass is 322 g/mol. The van der Waals surface area contributed by atoms with E-state index in [-0.39, 0.29) is 11.7 Å². The maximum Gasteiger partial charge on any atom is 0.130 e. The molecule has 0 saturated heterocycles. The number of ether oxygens (including phenoxy) is 1. The molecule has 98 valence electrons. The smallest absolute Gasteiger partial charge is 0.130 e. The average molecular weight is 323 g/mol. The molecule has 0 aliphatic rings. The van der Waals surface area contributed by atoms with Gasteiger partial charge in [-0.1, -0.05) is 0 Å². The molecule has 0 saturated carbocycles. The Morgan fingerprint density at radius 2 is 2.00 bits per heavy atom. The molecule has 0 radical (unpaired) electrons. The summed E-state index contributed by atoms with van der Waals surface area (Å²) in [7, 11) is 0. The van der Waals surface area contributed by atoms with Crippen molar-refractivity contribution in [1.82, 2.24) is 0 Å². The van der Waals surface area contributed by atoms with Crippen molar-refractivity contribution in [3.05, 3.63) is 57.8 Å². The van der Waals surface area contributed by atoms with Crippen LogP contribution in [-0.2, 0) is 0 Å². The fraction of sp³-hybridized carbons (Fsp3) is 0.0714. The second kappa shape index (κ2) is 5.40. The molecule has 0 fully saturated rings. The zero-order chi connectivity index (χ0) is 14.0. The molecule has 0 unspecified atom stereocenters. The third kappa shape index (κ3) is 3.12. The van der Waals surface area contributed by atoms with E-state index in [1.165, 1.54) is 12.1 Å². The predicted octanol–water partition coefficient (Wildman–Crippen LogP) is 3.97. The van der Waals surface area contributed by atoms with E-state index < -0.39 is 0 Å². The number of hydrogen-bond acceptors (Lipinski definition) is 2. The van der Waals surface area contributed by atoms with Crippen LogP contribution in [0.3, 0.4) is 0 Å². The Morgan fingerprint density at radius 3 is 2.58 bits per heavy atom. The topological polar surface area (TPSA) is 59.1 Å². The summed E-state index contributed by atoms with van der Waals surface area (Å²) in [6.45, 7) is 1.78. The number of rotatable bonds is 3. The molecular formula is C14H12BrFN2O. The normalized spacial score (nSPS) is 10.3. The van der Waals surface area contributed by atoms with Crippen molar-refractivity contribution in [3.63, 3.8) is 0 Å². The maximum atomic E-state index is 13.0. The molecule has 3 N–H and O–H groups in total. The fourth-order valence-electron chi connectivity index (χ4n) is 1.63. The van der Waals surface area contributed by atoms with Crippen molar-refractivity contribution in [2.24, 2.45) is 5.73 Å². The van der Waals surface area contributed by atoms with Gasteiger partial charge in [-0.2, -0.15) is 0 Å². The molecular weight excluding hydrogens is 311 g/mol. The largest absolute Gasteiger partial charge is 0.457 e. The first-order valence-corrected chi connectivity index (χ1v) is 6.34. The van der Waals surface area contributed by atoms with E-state index in [1.807, 2.05) is 0 Å². The van der Waals surface area contributed by atoms with Gasteiger partial charge in [0.25, 0.3) is 0 Å². The number of nitrogen functional groups attached to an aromatic ring is 1. The highest BCUT2D eigenvalue weighted by atomic mass is 79.9. The van der Waals surface area contributed by atoms with Crippen LogP contribution in [0.1, 0.15) is 11.1 Å². The average Bonchev–Trinajstić information content (AvgIpc) is 2.32. The van der Waals surface area contributed by atoms with Crippen LogP contribution in [0.4, 0.5) is 4.39 Å². The third-order valence-electron chi connectivity index (χ3n) is 2.60. The van der Waals surface area contributed by atoms with Gasteiger partial charge in [0.1, 0.15) is 23.2 Å². The third-order valence-corrected chi connectivity index (χ3v) is 3.25. The summed E-state index contributed by atoms with van der Waals surface area (Å²) in [6, 6.07) is 9.47. The van der Waals surface area contributed by atoms with Crippen molar-refractivity contribution < 1.29 is 9.13 Å². The van der Waals surface area contributed by atoms with E-state index in [1.54, 1.807) is 31.2 Å². The standard InChI is InChI=1S/C14H12BrFN2O/c1-8-6-9(16)2-5-13(8)19-10-3-4-11(14(17)18)12(15)7-10/h2-7H,1H3,(H3,17,18). The van der Waals surface area contributed by atoms with Gasteiger partial charge in [-0.15, -0.1) is 0 Å². The Morgan fingerprint density at radius 1 is 1.26 bits per heavy atom. The minimum Gasteiger partial charge on any atom is -0.457 e. The van der Waals surface area contributed by atoms with E-state index in [0.29, 0.717) is 27.1 Å². The van der Waals surface area contributed by atoms with Crippen molar-refractivity contribution >= 4 is 21.8 Å². The first-order valence-electron chi connectivity index (χ1n) is 5.55. The number of hydrogen-bond donors (Lipinski definition) is 2. The predicted molar refractivity (Wildman–Crippen MR) is 76.4 cm³/mol. The van der Waals surface area contributed by atoms with Crippen LogP contribution in [-0.4, -0.2) is 5.84 Å². The van der Waals surface area contributed by atoms with E-state index in [0.717, 1.165) is 0 Å². The molecule has 2 aromatic carbocycles. The summed E-state index contributed by atoms with van der Waals surface area (Å²) < 4.78 is 19.3. The molecule has 3 nitrogen and oxygen atoms in total. The van der Waals surface area contributed by atoms with Crippen molar-refractivity contribution in [3.8, 4) is 11.5 Å². The first-order chi connectivity index (χ1) is 8.97. The van der Waals surface area contributed by atoms with Gasteiger partial charge in [0.2, 0.25) is 0 Å². The van der Waals surface area contributed by atoms with Crippen LogP contribution in [0.25, 0.3) is 0 Å². The Labute approximate surface area is 118 Å². The number of benzene rings is 2. The lowest BCUT2D eigenvalue weighted by molar-refractivity contribution is 0.476. The zero-order valence-electron chi connectivity index (χ0n) is 10.2. The number of aryl methyl sites for hydroxylation is 1. The second-order valence-corrected chi connectivity index (χ2v) is 4.92. The van der Waals surface area contributed by atoms with E-state index in [4.69, 9.17) is 15.9 Å². The SMILES string of the molecule is Cc1cc(F)ccc1Oc1ccc(C(=N)N)c(Br)c1. The first kappa shape index (κ1) is 13.5. The Kier molecular flexibility index (Phi) is 3.85. The molecule has 0 aliphatic heterocycles. The van der Waals surface area contributed by atoms with E-state index >= 15 is 0 Å². The molecule has 0 atom stereocenters. The molecule has 0 aliphatic carbocycles. The Balaban J connectivity index is 2.29. The van der Waals surface area contributed by atoms with Gasteiger partial charge in [0, 0.05) is 10.0 Å². The van der Waals surface area contributed by atoms with Gasteiger partial charge in [-0.05, 0) is 64.8 Å². The molecule has 19 heavy (non-hydrogen) atoms. The van der Waals surface area contributed by atoms with Gasteiger partial charge in [-0.3, -0.25) is 5.41 Å². The van der Waals surface area contributed by atoms with Crippen LogP contribution in [0.2, 0.25) is 0 Å². The highest BCUT2D eigenvalue weighted by Gasteiger charge is 2.07. The van der Waals surface area contributed by atoms with Gasteiger partial charge in [0.15, 0.2) is 0 Å². The summed E-state index contributed by atoms with van der Waals surface area (Å²) in [5.41, 5.74) is 6.74. The summed E-state index contributed by atoms with van der Waals surface area (Å²) in [4.78, 5) is 0. The lowest BCUT2D eigenvalue weighted by atomic mass is 10.2. The number of halogens is 2. The second-order valence-electron chi connectivity index (χ2n) is 4.07. The Bertz CT molecular complexity index is 643.